The van der Waals surface area contributed by atoms with E-state index in [1.807, 2.05) is 25.6 Å². The van der Waals surface area contributed by atoms with Crippen LogP contribution in [0.1, 0.15) is 27.2 Å². The van der Waals surface area contributed by atoms with E-state index in [1.165, 1.54) is 5.70 Å². The molecule has 1 rings (SSSR count). The topological polar surface area (TPSA) is 12.0 Å². The van der Waals surface area contributed by atoms with Crippen molar-refractivity contribution in [1.29, 1.82) is 0 Å². The number of nitrogens with one attached hydrogen (secondary N) is 1. The Bertz CT molecular complexity index is 88.9. The number of hydrogen-bond donors (Lipinski definition) is 1. The minimum Gasteiger partial charge on any atom is -0.379 e. The van der Waals surface area contributed by atoms with Gasteiger partial charge in [-0.1, -0.05) is 20.8 Å². The molecule has 0 aromatic heterocycles. The Hall–Kier alpha value is -0.110. The first kappa shape index (κ1) is 8.89. The number of thioether (sulfide) groups is 1. The monoisotopic (exact) mass is 145 g/mol. The summed E-state index contributed by atoms with van der Waals surface area (Å²) in [6, 6.07) is 0. The zero-order valence-electron chi connectivity index (χ0n) is 6.40. The lowest BCUT2D eigenvalue weighted by Gasteiger charge is -1.93. The van der Waals surface area contributed by atoms with Crippen LogP contribution in [0.2, 0.25) is 0 Å². The minimum atomic E-state index is 1.07. The van der Waals surface area contributed by atoms with E-state index < -0.39 is 0 Å². The van der Waals surface area contributed by atoms with Crippen LogP contribution >= 0.6 is 11.8 Å². The second kappa shape index (κ2) is 6.02. The van der Waals surface area contributed by atoms with Crippen LogP contribution in [0.25, 0.3) is 0 Å². The van der Waals surface area contributed by atoms with Gasteiger partial charge in [0.1, 0.15) is 0 Å². The summed E-state index contributed by atoms with van der Waals surface area (Å²) in [6.07, 6.45) is 1.15. The molecule has 54 valence electrons. The molecule has 0 aromatic carbocycles. The fourth-order valence-electron chi connectivity index (χ4n) is 0.527. The van der Waals surface area contributed by atoms with Gasteiger partial charge < -0.3 is 5.32 Å². The van der Waals surface area contributed by atoms with Gasteiger partial charge in [0.2, 0.25) is 0 Å². The van der Waals surface area contributed by atoms with Gasteiger partial charge >= 0.3 is 0 Å². The highest BCUT2D eigenvalue weighted by molar-refractivity contribution is 8.02. The van der Waals surface area contributed by atoms with Gasteiger partial charge in [-0.3, -0.25) is 0 Å². The Morgan fingerprint density at radius 3 is 2.56 bits per heavy atom. The molecule has 1 nitrogen and oxygen atoms in total. The summed E-state index contributed by atoms with van der Waals surface area (Å²) in [5, 5.41) is 5.41. The Balaban J connectivity index is 0.000000291. The predicted molar refractivity (Wildman–Crippen MR) is 45.3 cm³/mol. The van der Waals surface area contributed by atoms with Gasteiger partial charge in [0, 0.05) is 5.70 Å². The molecule has 0 aromatic rings. The molecule has 0 amide bonds. The van der Waals surface area contributed by atoms with Crippen molar-refractivity contribution in [1.82, 2.24) is 5.32 Å². The van der Waals surface area contributed by atoms with Crippen LogP contribution in [-0.2, 0) is 0 Å². The van der Waals surface area contributed by atoms with Crippen LogP contribution in [0.4, 0.5) is 0 Å². The van der Waals surface area contributed by atoms with Crippen LogP contribution in [0.15, 0.2) is 11.1 Å². The molecule has 9 heavy (non-hydrogen) atoms. The fraction of sp³-hybridized carbons (Fsp3) is 0.714. The maximum absolute atomic E-state index is 3.23. The second-order valence-corrected chi connectivity index (χ2v) is 2.34. The van der Waals surface area contributed by atoms with E-state index in [4.69, 9.17) is 0 Å². The molecule has 0 radical (unpaired) electrons. The summed E-state index contributed by atoms with van der Waals surface area (Å²) in [6.45, 7) is 6.16. The Morgan fingerprint density at radius 2 is 2.33 bits per heavy atom. The van der Waals surface area contributed by atoms with E-state index in [1.54, 1.807) is 0 Å². The number of hydrogen-bond acceptors (Lipinski definition) is 2. The van der Waals surface area contributed by atoms with E-state index in [0.29, 0.717) is 0 Å². The third-order valence-corrected chi connectivity index (χ3v) is 1.75. The third-order valence-electron chi connectivity index (χ3n) is 0.989. The first-order chi connectivity index (χ1) is 4.43. The largest absolute Gasteiger partial charge is 0.379 e. The molecule has 0 saturated carbocycles. The van der Waals surface area contributed by atoms with Crippen LogP contribution in [0.5, 0.6) is 0 Å². The van der Waals surface area contributed by atoms with Gasteiger partial charge in [0.25, 0.3) is 0 Å². The smallest absolute Gasteiger partial charge is 0.0649 e. The van der Waals surface area contributed by atoms with Gasteiger partial charge in [0.15, 0.2) is 0 Å². The van der Waals surface area contributed by atoms with Crippen molar-refractivity contribution >= 4 is 11.8 Å². The van der Waals surface area contributed by atoms with Crippen molar-refractivity contribution in [3.8, 4) is 0 Å². The van der Waals surface area contributed by atoms with Gasteiger partial charge in [-0.05, 0) is 11.8 Å². The zero-order chi connectivity index (χ0) is 7.11. The normalized spacial score (nSPS) is 15.2. The highest BCUT2D eigenvalue weighted by atomic mass is 32.2. The first-order valence-electron chi connectivity index (χ1n) is 3.48. The van der Waals surface area contributed by atoms with Crippen LogP contribution in [-0.4, -0.2) is 5.88 Å². The summed E-state index contributed by atoms with van der Waals surface area (Å²) in [7, 11) is 0. The van der Waals surface area contributed by atoms with Gasteiger partial charge in [-0.2, -0.15) is 0 Å². The van der Waals surface area contributed by atoms with Gasteiger partial charge in [0.05, 0.1) is 5.88 Å². The molecule has 0 bridgehead atoms. The standard InChI is InChI=1S/C5H9NS.C2H6/c1-2-5-3-7-4-6-5;1-2/h3,6H,2,4H2,1H3;1-2H3. The van der Waals surface area contributed by atoms with Crippen molar-refractivity contribution in [2.24, 2.45) is 0 Å². The summed E-state index contributed by atoms with van der Waals surface area (Å²) in [4.78, 5) is 0. The Labute approximate surface area is 61.9 Å². The summed E-state index contributed by atoms with van der Waals surface area (Å²) in [5.74, 6) is 1.07. The van der Waals surface area contributed by atoms with E-state index >= 15 is 0 Å². The minimum absolute atomic E-state index is 1.07. The highest BCUT2D eigenvalue weighted by Crippen LogP contribution is 2.13. The molecule has 0 unspecified atom stereocenters. The number of rotatable bonds is 1. The van der Waals surface area contributed by atoms with Crippen molar-refractivity contribution in [2.45, 2.75) is 27.2 Å². The van der Waals surface area contributed by atoms with E-state index in [-0.39, 0.29) is 0 Å². The molecular formula is C7H15NS. The Kier molecular flexibility index (Phi) is 5.94. The van der Waals surface area contributed by atoms with Crippen LogP contribution < -0.4 is 5.32 Å². The van der Waals surface area contributed by atoms with Gasteiger partial charge in [-0.25, -0.2) is 0 Å². The van der Waals surface area contributed by atoms with Crippen LogP contribution in [0, 0.1) is 0 Å². The quantitative estimate of drug-likeness (QED) is 0.608. The molecule has 0 saturated heterocycles. The molecule has 1 N–H and O–H groups in total. The van der Waals surface area contributed by atoms with Crippen molar-refractivity contribution < 1.29 is 0 Å². The molecule has 2 heteroatoms. The average molecular weight is 145 g/mol. The lowest BCUT2D eigenvalue weighted by molar-refractivity contribution is 0.900. The van der Waals surface area contributed by atoms with Crippen molar-refractivity contribution in [3.63, 3.8) is 0 Å². The Morgan fingerprint density at radius 1 is 1.67 bits per heavy atom. The third kappa shape index (κ3) is 3.46. The molecule has 1 aliphatic heterocycles. The lowest BCUT2D eigenvalue weighted by atomic mass is 10.4. The molecule has 0 aliphatic carbocycles. The molecule has 0 atom stereocenters. The maximum atomic E-state index is 3.23. The maximum Gasteiger partial charge on any atom is 0.0649 e. The molecule has 1 aliphatic rings. The summed E-state index contributed by atoms with van der Waals surface area (Å²) >= 11 is 1.83. The molecule has 0 fully saturated rings. The van der Waals surface area contributed by atoms with Crippen molar-refractivity contribution in [2.75, 3.05) is 5.88 Å². The SMILES string of the molecule is CC.CCC1=CSCN1. The first-order valence-corrected chi connectivity index (χ1v) is 4.53. The molecule has 0 spiro atoms. The summed E-state index contributed by atoms with van der Waals surface area (Å²) in [5.41, 5.74) is 1.38. The zero-order valence-corrected chi connectivity index (χ0v) is 7.22. The van der Waals surface area contributed by atoms with E-state index in [0.717, 1.165) is 12.3 Å². The number of allylic oxidation sites excluding steroid dienone is 1. The second-order valence-electron chi connectivity index (χ2n) is 1.48. The predicted octanol–water partition coefficient (Wildman–Crippen LogP) is 2.56. The molecular weight excluding hydrogens is 130 g/mol. The van der Waals surface area contributed by atoms with E-state index in [2.05, 4.69) is 17.6 Å². The summed E-state index contributed by atoms with van der Waals surface area (Å²) < 4.78 is 0. The van der Waals surface area contributed by atoms with E-state index in [9.17, 15) is 0 Å². The highest BCUT2D eigenvalue weighted by Gasteiger charge is 1.97. The van der Waals surface area contributed by atoms with Crippen LogP contribution in [0.3, 0.4) is 0 Å². The molecule has 1 heterocycles. The average Bonchev–Trinajstić information content (AvgIpc) is 2.43. The lowest BCUT2D eigenvalue weighted by Crippen LogP contribution is -2.04. The van der Waals surface area contributed by atoms with Gasteiger partial charge in [-0.15, -0.1) is 11.8 Å². The fourth-order valence-corrected chi connectivity index (χ4v) is 1.33. The van der Waals surface area contributed by atoms with Crippen molar-refractivity contribution in [3.05, 3.63) is 11.1 Å².